The Bertz CT molecular complexity index is 617. The number of aromatic nitrogens is 1. The molecule has 2 aromatic rings. The van der Waals surface area contributed by atoms with Gasteiger partial charge >= 0.3 is 5.97 Å². The van der Waals surface area contributed by atoms with Crippen molar-refractivity contribution in [2.45, 2.75) is 0 Å². The molecular weight excluding hydrogens is 274 g/mol. The maximum absolute atomic E-state index is 11.4. The summed E-state index contributed by atoms with van der Waals surface area (Å²) in [5.41, 5.74) is 1.95. The van der Waals surface area contributed by atoms with Gasteiger partial charge in [-0.3, -0.25) is 4.98 Å². The fraction of sp³-hybridized carbons (Fsp3) is 0.0714. The van der Waals surface area contributed by atoms with Crippen LogP contribution in [0.2, 0.25) is 0 Å². The minimum absolute atomic E-state index is 0.389. The van der Waals surface area contributed by atoms with E-state index in [9.17, 15) is 4.79 Å². The minimum atomic E-state index is -0.389. The van der Waals surface area contributed by atoms with E-state index in [1.165, 1.54) is 7.11 Å². The first-order valence-corrected chi connectivity index (χ1v) is 6.26. The monoisotopic (exact) mass is 287 g/mol. The lowest BCUT2D eigenvalue weighted by Gasteiger charge is -2.10. The zero-order valence-electron chi connectivity index (χ0n) is 10.8. The topological polar surface area (TPSA) is 63.2 Å². The molecule has 102 valence electrons. The molecule has 0 saturated heterocycles. The van der Waals surface area contributed by atoms with Crippen molar-refractivity contribution in [3.05, 3.63) is 54.4 Å². The summed E-state index contributed by atoms with van der Waals surface area (Å²) in [7, 11) is 1.34. The van der Waals surface area contributed by atoms with E-state index in [0.29, 0.717) is 16.4 Å². The summed E-state index contributed by atoms with van der Waals surface area (Å²) in [6.07, 6.45) is 3.35. The molecule has 1 aromatic carbocycles. The Morgan fingerprint density at radius 3 is 2.65 bits per heavy atom. The highest BCUT2D eigenvalue weighted by molar-refractivity contribution is 7.80. The van der Waals surface area contributed by atoms with E-state index in [4.69, 9.17) is 12.2 Å². The molecule has 1 aromatic heterocycles. The van der Waals surface area contributed by atoms with Gasteiger partial charge in [-0.05, 0) is 42.5 Å². The van der Waals surface area contributed by atoms with Gasteiger partial charge in [0.1, 0.15) is 0 Å². The van der Waals surface area contributed by atoms with Gasteiger partial charge in [-0.25, -0.2) is 4.79 Å². The largest absolute Gasteiger partial charge is 0.465 e. The van der Waals surface area contributed by atoms with Crippen LogP contribution in [0, 0.1) is 0 Å². The first-order valence-electron chi connectivity index (χ1n) is 5.85. The average molecular weight is 287 g/mol. The number of anilines is 2. The van der Waals surface area contributed by atoms with Gasteiger partial charge in [0, 0.05) is 11.9 Å². The number of benzene rings is 1. The summed E-state index contributed by atoms with van der Waals surface area (Å²) in [5.74, 6) is -0.389. The molecule has 0 aliphatic heterocycles. The van der Waals surface area contributed by atoms with E-state index in [1.807, 2.05) is 18.2 Å². The van der Waals surface area contributed by atoms with Crippen LogP contribution in [0.25, 0.3) is 0 Å². The number of esters is 1. The first kappa shape index (κ1) is 14.0. The van der Waals surface area contributed by atoms with Crippen LogP contribution < -0.4 is 10.6 Å². The Kier molecular flexibility index (Phi) is 4.62. The van der Waals surface area contributed by atoms with Crippen molar-refractivity contribution in [1.29, 1.82) is 0 Å². The van der Waals surface area contributed by atoms with Crippen molar-refractivity contribution >= 4 is 34.7 Å². The second-order valence-corrected chi connectivity index (χ2v) is 4.30. The molecule has 0 atom stereocenters. The number of methoxy groups -OCH3 is 1. The highest BCUT2D eigenvalue weighted by Gasteiger charge is 2.06. The molecule has 5 nitrogen and oxygen atoms in total. The second-order valence-electron chi connectivity index (χ2n) is 3.89. The summed E-state index contributed by atoms with van der Waals surface area (Å²) >= 11 is 5.19. The van der Waals surface area contributed by atoms with Crippen molar-refractivity contribution < 1.29 is 9.53 Å². The van der Waals surface area contributed by atoms with Gasteiger partial charge < -0.3 is 15.4 Å². The number of carbonyl (C=O) groups is 1. The van der Waals surface area contributed by atoms with Gasteiger partial charge in [-0.1, -0.05) is 6.07 Å². The molecular formula is C14H13N3O2S. The summed E-state index contributed by atoms with van der Waals surface area (Å²) < 4.78 is 4.67. The van der Waals surface area contributed by atoms with E-state index < -0.39 is 0 Å². The van der Waals surface area contributed by atoms with E-state index in [2.05, 4.69) is 20.4 Å². The second kappa shape index (κ2) is 6.63. The Hall–Kier alpha value is -2.47. The molecule has 0 unspecified atom stereocenters. The zero-order chi connectivity index (χ0) is 14.4. The predicted molar refractivity (Wildman–Crippen MR) is 81.9 cm³/mol. The van der Waals surface area contributed by atoms with Crippen LogP contribution in [-0.2, 0) is 4.74 Å². The Morgan fingerprint density at radius 1 is 1.20 bits per heavy atom. The van der Waals surface area contributed by atoms with Crippen molar-refractivity contribution in [3.63, 3.8) is 0 Å². The van der Waals surface area contributed by atoms with Crippen LogP contribution in [0.1, 0.15) is 10.4 Å². The molecule has 2 N–H and O–H groups in total. The fourth-order valence-corrected chi connectivity index (χ4v) is 1.81. The molecule has 0 aliphatic rings. The average Bonchev–Trinajstić information content (AvgIpc) is 2.47. The summed E-state index contributed by atoms with van der Waals surface area (Å²) in [4.78, 5) is 15.4. The SMILES string of the molecule is COC(=O)c1cccc(NC(=S)Nc2cccnc2)c1. The van der Waals surface area contributed by atoms with Gasteiger partial charge in [-0.15, -0.1) is 0 Å². The van der Waals surface area contributed by atoms with Gasteiger partial charge in [0.15, 0.2) is 5.11 Å². The van der Waals surface area contributed by atoms with Crippen LogP contribution in [0.3, 0.4) is 0 Å². The van der Waals surface area contributed by atoms with Crippen LogP contribution in [-0.4, -0.2) is 23.2 Å². The number of carbonyl (C=O) groups excluding carboxylic acids is 1. The summed E-state index contributed by atoms with van der Waals surface area (Å²) in [6.45, 7) is 0. The molecule has 2 rings (SSSR count). The molecule has 1 heterocycles. The third kappa shape index (κ3) is 3.76. The van der Waals surface area contributed by atoms with E-state index in [1.54, 1.807) is 30.6 Å². The lowest BCUT2D eigenvalue weighted by atomic mass is 10.2. The Morgan fingerprint density at radius 2 is 1.95 bits per heavy atom. The highest BCUT2D eigenvalue weighted by Crippen LogP contribution is 2.12. The molecule has 0 spiro atoms. The summed E-state index contributed by atoms with van der Waals surface area (Å²) in [5, 5.41) is 6.41. The maximum atomic E-state index is 11.4. The van der Waals surface area contributed by atoms with Gasteiger partial charge in [0.2, 0.25) is 0 Å². The van der Waals surface area contributed by atoms with Gasteiger partial charge in [0.05, 0.1) is 24.6 Å². The molecule has 0 fully saturated rings. The Labute approximate surface area is 122 Å². The molecule has 0 amide bonds. The molecule has 0 radical (unpaired) electrons. The summed E-state index contributed by atoms with van der Waals surface area (Å²) in [6, 6.07) is 10.6. The van der Waals surface area contributed by atoms with Crippen molar-refractivity contribution in [2.75, 3.05) is 17.7 Å². The molecule has 6 heteroatoms. The quantitative estimate of drug-likeness (QED) is 0.668. The molecule has 0 bridgehead atoms. The number of hydrogen-bond acceptors (Lipinski definition) is 4. The van der Waals surface area contributed by atoms with E-state index in [-0.39, 0.29) is 5.97 Å². The molecule has 0 aliphatic carbocycles. The number of ether oxygens (including phenoxy) is 1. The van der Waals surface area contributed by atoms with Crippen LogP contribution in [0.4, 0.5) is 11.4 Å². The number of thiocarbonyl (C=S) groups is 1. The predicted octanol–water partition coefficient (Wildman–Crippen LogP) is 2.68. The van der Waals surface area contributed by atoms with Gasteiger partial charge in [-0.2, -0.15) is 0 Å². The Balaban J connectivity index is 2.03. The number of hydrogen-bond donors (Lipinski definition) is 2. The van der Waals surface area contributed by atoms with Gasteiger partial charge in [0.25, 0.3) is 0 Å². The smallest absolute Gasteiger partial charge is 0.337 e. The number of nitrogens with zero attached hydrogens (tertiary/aromatic N) is 1. The lowest BCUT2D eigenvalue weighted by Crippen LogP contribution is -2.19. The van der Waals surface area contributed by atoms with Crippen LogP contribution >= 0.6 is 12.2 Å². The number of rotatable bonds is 3. The highest BCUT2D eigenvalue weighted by atomic mass is 32.1. The van der Waals surface area contributed by atoms with Crippen molar-refractivity contribution in [2.24, 2.45) is 0 Å². The third-order valence-corrected chi connectivity index (χ3v) is 2.67. The standard InChI is InChI=1S/C14H13N3O2S/c1-19-13(18)10-4-2-5-11(8-10)16-14(20)17-12-6-3-7-15-9-12/h2-9H,1H3,(H2,16,17,20). The van der Waals surface area contributed by atoms with Crippen molar-refractivity contribution in [3.8, 4) is 0 Å². The number of pyridine rings is 1. The maximum Gasteiger partial charge on any atom is 0.337 e. The van der Waals surface area contributed by atoms with Crippen LogP contribution in [0.5, 0.6) is 0 Å². The van der Waals surface area contributed by atoms with Crippen molar-refractivity contribution in [1.82, 2.24) is 4.98 Å². The molecule has 0 saturated carbocycles. The number of nitrogens with one attached hydrogen (secondary N) is 2. The zero-order valence-corrected chi connectivity index (χ0v) is 11.6. The van der Waals surface area contributed by atoms with E-state index in [0.717, 1.165) is 5.69 Å². The first-order chi connectivity index (χ1) is 9.69. The third-order valence-electron chi connectivity index (χ3n) is 2.46. The van der Waals surface area contributed by atoms with Crippen LogP contribution in [0.15, 0.2) is 48.8 Å². The van der Waals surface area contributed by atoms with E-state index >= 15 is 0 Å². The minimum Gasteiger partial charge on any atom is -0.465 e. The fourth-order valence-electron chi connectivity index (χ4n) is 1.57. The normalized spacial score (nSPS) is 9.65. The molecule has 20 heavy (non-hydrogen) atoms. The lowest BCUT2D eigenvalue weighted by molar-refractivity contribution is 0.0601.